The number of aliphatic hydroxyl groups is 1. The molecule has 2 aromatic rings. The van der Waals surface area contributed by atoms with Crippen LogP contribution in [0.5, 0.6) is 0 Å². The minimum absolute atomic E-state index is 0.458. The lowest BCUT2D eigenvalue weighted by Crippen LogP contribution is -2.35. The van der Waals surface area contributed by atoms with Gasteiger partial charge in [0.05, 0.1) is 17.2 Å². The Bertz CT molecular complexity index is 776. The summed E-state index contributed by atoms with van der Waals surface area (Å²) >= 11 is 0. The number of hydrogen-bond donors (Lipinski definition) is 2. The van der Waals surface area contributed by atoms with Gasteiger partial charge in [0, 0.05) is 24.8 Å². The first-order valence-corrected chi connectivity index (χ1v) is 8.08. The van der Waals surface area contributed by atoms with Gasteiger partial charge in [0.2, 0.25) is 0 Å². The fourth-order valence-electron chi connectivity index (χ4n) is 2.96. The van der Waals surface area contributed by atoms with Crippen molar-refractivity contribution in [2.45, 2.75) is 25.9 Å². The van der Waals surface area contributed by atoms with Gasteiger partial charge in [-0.05, 0) is 48.9 Å². The lowest BCUT2D eigenvalue weighted by Gasteiger charge is -2.30. The SMILES string of the molecule is C[C@@H](O)c1ccc2cnc(C=CC3(C(=O)O)CCOCC3)cc2c1. The van der Waals surface area contributed by atoms with Gasteiger partial charge in [-0.15, -0.1) is 0 Å². The second-order valence-corrected chi connectivity index (χ2v) is 6.30. The summed E-state index contributed by atoms with van der Waals surface area (Å²) in [4.78, 5) is 16.1. The van der Waals surface area contributed by atoms with Gasteiger partial charge in [0.25, 0.3) is 0 Å². The molecule has 5 nitrogen and oxygen atoms in total. The predicted molar refractivity (Wildman–Crippen MR) is 91.5 cm³/mol. The smallest absolute Gasteiger partial charge is 0.313 e. The number of pyridine rings is 1. The minimum Gasteiger partial charge on any atom is -0.481 e. The monoisotopic (exact) mass is 327 g/mol. The number of aromatic nitrogens is 1. The third kappa shape index (κ3) is 3.32. The molecule has 126 valence electrons. The summed E-state index contributed by atoms with van der Waals surface area (Å²) in [6.07, 6.45) is 5.69. The maximum Gasteiger partial charge on any atom is 0.313 e. The molecular formula is C19H21NO4. The molecule has 24 heavy (non-hydrogen) atoms. The number of nitrogens with zero attached hydrogens (tertiary/aromatic N) is 1. The van der Waals surface area contributed by atoms with Crippen LogP contribution in [-0.4, -0.2) is 34.4 Å². The van der Waals surface area contributed by atoms with E-state index >= 15 is 0 Å². The van der Waals surface area contributed by atoms with Gasteiger partial charge in [-0.25, -0.2) is 0 Å². The Morgan fingerprint density at radius 3 is 2.71 bits per heavy atom. The van der Waals surface area contributed by atoms with Crippen LogP contribution >= 0.6 is 0 Å². The van der Waals surface area contributed by atoms with Crippen LogP contribution < -0.4 is 0 Å². The summed E-state index contributed by atoms with van der Waals surface area (Å²) < 4.78 is 5.28. The van der Waals surface area contributed by atoms with E-state index in [2.05, 4.69) is 4.98 Å². The summed E-state index contributed by atoms with van der Waals surface area (Å²) in [5, 5.41) is 21.2. The number of carbonyl (C=O) groups is 1. The van der Waals surface area contributed by atoms with Crippen LogP contribution in [-0.2, 0) is 9.53 Å². The van der Waals surface area contributed by atoms with Gasteiger partial charge in [0.15, 0.2) is 0 Å². The second-order valence-electron chi connectivity index (χ2n) is 6.30. The Morgan fingerprint density at radius 2 is 2.04 bits per heavy atom. The molecule has 0 amide bonds. The van der Waals surface area contributed by atoms with Crippen LogP contribution in [0.25, 0.3) is 16.8 Å². The van der Waals surface area contributed by atoms with Crippen molar-refractivity contribution in [2.75, 3.05) is 13.2 Å². The largest absolute Gasteiger partial charge is 0.481 e. The molecular weight excluding hydrogens is 306 g/mol. The number of aliphatic hydroxyl groups excluding tert-OH is 1. The van der Waals surface area contributed by atoms with Crippen LogP contribution in [0.3, 0.4) is 0 Å². The Balaban J connectivity index is 1.92. The highest BCUT2D eigenvalue weighted by atomic mass is 16.5. The minimum atomic E-state index is -0.879. The molecule has 3 rings (SSSR count). The first-order valence-electron chi connectivity index (χ1n) is 8.08. The summed E-state index contributed by atoms with van der Waals surface area (Å²) in [7, 11) is 0. The maximum atomic E-state index is 11.7. The number of carboxylic acid groups (broad SMARTS) is 1. The van der Waals surface area contributed by atoms with Crippen molar-refractivity contribution >= 4 is 22.8 Å². The molecule has 0 aliphatic carbocycles. The number of rotatable bonds is 4. The highest BCUT2D eigenvalue weighted by Gasteiger charge is 2.37. The van der Waals surface area contributed by atoms with Crippen LogP contribution in [0.15, 0.2) is 36.5 Å². The molecule has 2 N–H and O–H groups in total. The number of hydrogen-bond acceptors (Lipinski definition) is 4. The van der Waals surface area contributed by atoms with E-state index in [4.69, 9.17) is 4.74 Å². The Labute approximate surface area is 140 Å². The van der Waals surface area contributed by atoms with Gasteiger partial charge in [-0.3, -0.25) is 9.78 Å². The molecule has 0 spiro atoms. The summed E-state index contributed by atoms with van der Waals surface area (Å²) in [5.41, 5.74) is 0.670. The molecule has 1 aromatic carbocycles. The van der Waals surface area contributed by atoms with Crippen molar-refractivity contribution in [1.29, 1.82) is 0 Å². The summed E-state index contributed by atoms with van der Waals surface area (Å²) in [5.74, 6) is -0.820. The summed E-state index contributed by atoms with van der Waals surface area (Å²) in [6, 6.07) is 7.65. The van der Waals surface area contributed by atoms with Crippen molar-refractivity contribution in [1.82, 2.24) is 4.98 Å². The van der Waals surface area contributed by atoms with E-state index in [1.54, 1.807) is 25.3 Å². The van der Waals surface area contributed by atoms with Crippen LogP contribution in [0.2, 0.25) is 0 Å². The topological polar surface area (TPSA) is 79.7 Å². The lowest BCUT2D eigenvalue weighted by molar-refractivity contribution is -0.150. The zero-order valence-corrected chi connectivity index (χ0v) is 13.6. The normalized spacial score (nSPS) is 18.8. The van der Waals surface area contributed by atoms with Crippen molar-refractivity contribution in [3.8, 4) is 0 Å². The number of benzene rings is 1. The lowest BCUT2D eigenvalue weighted by atomic mass is 9.80. The van der Waals surface area contributed by atoms with Gasteiger partial charge in [0.1, 0.15) is 0 Å². The molecule has 0 saturated carbocycles. The van der Waals surface area contributed by atoms with E-state index in [1.165, 1.54) is 0 Å². The average molecular weight is 327 g/mol. The van der Waals surface area contributed by atoms with Crippen molar-refractivity contribution in [3.63, 3.8) is 0 Å². The third-order valence-corrected chi connectivity index (χ3v) is 4.63. The predicted octanol–water partition coefficient (Wildman–Crippen LogP) is 3.18. The highest BCUT2D eigenvalue weighted by Crippen LogP contribution is 2.33. The van der Waals surface area contributed by atoms with E-state index in [1.807, 2.05) is 24.3 Å². The highest BCUT2D eigenvalue weighted by molar-refractivity contribution is 5.84. The van der Waals surface area contributed by atoms with E-state index in [-0.39, 0.29) is 0 Å². The second kappa shape index (κ2) is 6.71. The molecule has 1 fully saturated rings. The zero-order valence-electron chi connectivity index (χ0n) is 13.6. The number of fused-ring (bicyclic) bond motifs is 1. The van der Waals surface area contributed by atoms with Gasteiger partial charge in [-0.1, -0.05) is 18.2 Å². The van der Waals surface area contributed by atoms with Crippen molar-refractivity contribution in [2.24, 2.45) is 5.41 Å². The van der Waals surface area contributed by atoms with E-state index in [0.29, 0.717) is 31.7 Å². The molecule has 2 heterocycles. The van der Waals surface area contributed by atoms with Gasteiger partial charge in [-0.2, -0.15) is 0 Å². The molecule has 5 heteroatoms. The van der Waals surface area contributed by atoms with Crippen LogP contribution in [0.1, 0.15) is 37.1 Å². The molecule has 1 aliphatic heterocycles. The van der Waals surface area contributed by atoms with Crippen molar-refractivity contribution in [3.05, 3.63) is 47.8 Å². The Morgan fingerprint density at radius 1 is 1.29 bits per heavy atom. The molecule has 0 radical (unpaired) electrons. The first kappa shape index (κ1) is 16.6. The van der Waals surface area contributed by atoms with E-state index in [9.17, 15) is 15.0 Å². The molecule has 0 unspecified atom stereocenters. The maximum absolute atomic E-state index is 11.7. The third-order valence-electron chi connectivity index (χ3n) is 4.63. The number of aliphatic carboxylic acids is 1. The molecule has 1 saturated heterocycles. The number of ether oxygens (including phenoxy) is 1. The molecule has 1 atom stereocenters. The van der Waals surface area contributed by atoms with Gasteiger partial charge >= 0.3 is 5.97 Å². The van der Waals surface area contributed by atoms with Crippen LogP contribution in [0.4, 0.5) is 0 Å². The summed E-state index contributed by atoms with van der Waals surface area (Å²) in [6.45, 7) is 2.64. The van der Waals surface area contributed by atoms with Crippen molar-refractivity contribution < 1.29 is 19.7 Å². The molecule has 1 aromatic heterocycles. The first-order chi connectivity index (χ1) is 11.5. The average Bonchev–Trinajstić information content (AvgIpc) is 2.60. The Kier molecular flexibility index (Phi) is 4.64. The fraction of sp³-hybridized carbons (Fsp3) is 0.368. The van der Waals surface area contributed by atoms with E-state index < -0.39 is 17.5 Å². The zero-order chi connectivity index (χ0) is 17.2. The molecule has 0 bridgehead atoms. The quantitative estimate of drug-likeness (QED) is 0.901. The van der Waals surface area contributed by atoms with E-state index in [0.717, 1.165) is 16.3 Å². The standard InChI is InChI=1S/C19H21NO4/c1-13(21)14-2-3-15-12-20-17(11-16(15)10-14)4-5-19(18(22)23)6-8-24-9-7-19/h2-5,10-13,21H,6-9H2,1H3,(H,22,23)/t13-/m1/s1. The van der Waals surface area contributed by atoms with Crippen LogP contribution in [0, 0.1) is 5.41 Å². The Hall–Kier alpha value is -2.24. The fourth-order valence-corrected chi connectivity index (χ4v) is 2.96. The number of carboxylic acids is 1. The van der Waals surface area contributed by atoms with Gasteiger partial charge < -0.3 is 14.9 Å². The molecule has 1 aliphatic rings.